The van der Waals surface area contributed by atoms with E-state index in [0.717, 1.165) is 0 Å². The number of aryl methyl sites for hydroxylation is 5. The maximum absolute atomic E-state index is 2.40. The first-order valence-corrected chi connectivity index (χ1v) is 7.88. The average molecular weight is 261 g/mol. The molecule has 0 saturated heterocycles. The minimum atomic E-state index is 1.27. The zero-order chi connectivity index (χ0) is 13.3. The summed E-state index contributed by atoms with van der Waals surface area (Å²) in [7, 11) is 2.23. The summed E-state index contributed by atoms with van der Waals surface area (Å²) in [6.07, 6.45) is 7.76. The Morgan fingerprint density at radius 2 is 1.20 bits per heavy atom. The summed E-state index contributed by atoms with van der Waals surface area (Å²) >= 11 is 0. The van der Waals surface area contributed by atoms with Crippen LogP contribution < -0.4 is 0 Å². The Kier molecular flexibility index (Phi) is 2.01. The molecule has 5 rings (SSSR count). The number of fused-ring (bicyclic) bond motifs is 7. The van der Waals surface area contributed by atoms with Crippen molar-refractivity contribution in [2.75, 3.05) is 0 Å². The van der Waals surface area contributed by atoms with Gasteiger partial charge in [-0.15, -0.1) is 0 Å². The Hall–Kier alpha value is -1.76. The number of benzene rings is 2. The van der Waals surface area contributed by atoms with Gasteiger partial charge in [0.05, 0.1) is 0 Å². The van der Waals surface area contributed by atoms with Gasteiger partial charge in [-0.1, -0.05) is 12.1 Å². The number of nitrogens with zero attached hydrogens (tertiary/aromatic N) is 1. The Bertz CT molecular complexity index is 795. The molecule has 3 aromatic rings. The van der Waals surface area contributed by atoms with Crippen LogP contribution in [-0.4, -0.2) is 4.57 Å². The first-order chi connectivity index (χ1) is 9.84. The molecule has 0 unspecified atom stereocenters. The lowest BCUT2D eigenvalue weighted by molar-refractivity contribution is 0.912. The van der Waals surface area contributed by atoms with Crippen LogP contribution in [0.3, 0.4) is 0 Å². The van der Waals surface area contributed by atoms with Gasteiger partial charge in [0.25, 0.3) is 0 Å². The molecule has 0 aliphatic heterocycles. The molecule has 1 aromatic heterocycles. The third-order valence-corrected chi connectivity index (χ3v) is 5.49. The lowest BCUT2D eigenvalue weighted by Crippen LogP contribution is -1.88. The van der Waals surface area contributed by atoms with Crippen molar-refractivity contribution in [1.29, 1.82) is 0 Å². The second kappa shape index (κ2) is 3.66. The summed E-state index contributed by atoms with van der Waals surface area (Å²) in [5, 5.41) is 3.16. The van der Waals surface area contributed by atoms with E-state index >= 15 is 0 Å². The van der Waals surface area contributed by atoms with Crippen LogP contribution >= 0.6 is 0 Å². The third kappa shape index (κ3) is 1.19. The molecule has 1 heteroatoms. The van der Waals surface area contributed by atoms with Crippen molar-refractivity contribution in [3.05, 3.63) is 46.5 Å². The largest absolute Gasteiger partial charge is 0.344 e. The second-order valence-electron chi connectivity index (χ2n) is 6.46. The Morgan fingerprint density at radius 1 is 0.700 bits per heavy atom. The van der Waals surface area contributed by atoms with E-state index in [1.165, 1.54) is 49.6 Å². The number of hydrogen-bond donors (Lipinski definition) is 0. The van der Waals surface area contributed by atoms with Crippen molar-refractivity contribution in [2.24, 2.45) is 7.05 Å². The summed E-state index contributed by atoms with van der Waals surface area (Å²) in [6, 6.07) is 9.43. The topological polar surface area (TPSA) is 4.93 Å². The second-order valence-corrected chi connectivity index (χ2v) is 6.46. The molecule has 0 amide bonds. The minimum absolute atomic E-state index is 1.27. The zero-order valence-corrected chi connectivity index (χ0v) is 12.0. The molecule has 0 bridgehead atoms. The quantitative estimate of drug-likeness (QED) is 0.568. The molecule has 100 valence electrons. The highest BCUT2D eigenvalue weighted by Crippen LogP contribution is 2.40. The van der Waals surface area contributed by atoms with Crippen LogP contribution in [0.25, 0.3) is 21.8 Å². The fourth-order valence-electron chi connectivity index (χ4n) is 4.55. The van der Waals surface area contributed by atoms with Crippen LogP contribution in [0.1, 0.15) is 35.1 Å². The average Bonchev–Trinajstić information content (AvgIpc) is 3.15. The van der Waals surface area contributed by atoms with E-state index in [-0.39, 0.29) is 0 Å². The predicted octanol–water partition coefficient (Wildman–Crippen LogP) is 4.31. The summed E-state index contributed by atoms with van der Waals surface area (Å²) in [6.45, 7) is 0. The molecular formula is C19H19N. The van der Waals surface area contributed by atoms with E-state index in [0.29, 0.717) is 0 Å². The third-order valence-electron chi connectivity index (χ3n) is 5.49. The Labute approximate surface area is 119 Å². The predicted molar refractivity (Wildman–Crippen MR) is 84.5 cm³/mol. The highest BCUT2D eigenvalue weighted by Gasteiger charge is 2.23. The van der Waals surface area contributed by atoms with Crippen molar-refractivity contribution in [1.82, 2.24) is 4.57 Å². The van der Waals surface area contributed by atoms with Crippen LogP contribution in [-0.2, 0) is 32.7 Å². The van der Waals surface area contributed by atoms with Gasteiger partial charge >= 0.3 is 0 Å². The molecule has 2 aliphatic rings. The summed E-state index contributed by atoms with van der Waals surface area (Å²) in [5.41, 5.74) is 9.35. The smallest absolute Gasteiger partial charge is 0.0491 e. The van der Waals surface area contributed by atoms with E-state index in [9.17, 15) is 0 Å². The lowest BCUT2D eigenvalue weighted by atomic mass is 9.98. The Balaban J connectivity index is 2.07. The van der Waals surface area contributed by atoms with E-state index in [4.69, 9.17) is 0 Å². The van der Waals surface area contributed by atoms with Gasteiger partial charge in [-0.05, 0) is 72.9 Å². The molecule has 2 aliphatic carbocycles. The molecule has 0 saturated carbocycles. The molecule has 1 nitrogen and oxygen atoms in total. The molecule has 0 atom stereocenters. The highest BCUT2D eigenvalue weighted by molar-refractivity contribution is 6.12. The fraction of sp³-hybridized carbons (Fsp3) is 0.368. The summed E-state index contributed by atoms with van der Waals surface area (Å²) in [4.78, 5) is 0. The maximum atomic E-state index is 2.40. The SMILES string of the molecule is Cn1c2ccc3c(c2c2c4c(ccc21)CCC4)CCC3. The van der Waals surface area contributed by atoms with E-state index < -0.39 is 0 Å². The molecule has 0 spiro atoms. The first kappa shape index (κ1) is 11.0. The molecule has 0 radical (unpaired) electrons. The fourth-order valence-corrected chi connectivity index (χ4v) is 4.55. The number of hydrogen-bond acceptors (Lipinski definition) is 0. The van der Waals surface area contributed by atoms with Crippen LogP contribution in [0.4, 0.5) is 0 Å². The standard InChI is InChI=1S/C19H19N/c1-20-16-10-8-12-4-2-6-14(12)18(16)19-15-7-3-5-13(15)9-11-17(19)20/h8-11H,2-7H2,1H3. The van der Waals surface area contributed by atoms with Gasteiger partial charge in [0.1, 0.15) is 0 Å². The van der Waals surface area contributed by atoms with Crippen LogP contribution in [0.5, 0.6) is 0 Å². The number of aromatic nitrogens is 1. The van der Waals surface area contributed by atoms with E-state index in [2.05, 4.69) is 35.9 Å². The molecule has 1 heterocycles. The summed E-state index contributed by atoms with van der Waals surface area (Å²) in [5.74, 6) is 0. The van der Waals surface area contributed by atoms with Crippen molar-refractivity contribution >= 4 is 21.8 Å². The van der Waals surface area contributed by atoms with Gasteiger partial charge in [0, 0.05) is 28.9 Å². The van der Waals surface area contributed by atoms with E-state index in [1.54, 1.807) is 33.0 Å². The Morgan fingerprint density at radius 3 is 1.70 bits per heavy atom. The zero-order valence-electron chi connectivity index (χ0n) is 12.0. The molecule has 0 fully saturated rings. The molecule has 20 heavy (non-hydrogen) atoms. The first-order valence-electron chi connectivity index (χ1n) is 7.88. The normalized spacial score (nSPS) is 17.1. The minimum Gasteiger partial charge on any atom is -0.344 e. The molecule has 2 aromatic carbocycles. The highest BCUT2D eigenvalue weighted by atomic mass is 14.9. The van der Waals surface area contributed by atoms with Gasteiger partial charge in [-0.3, -0.25) is 0 Å². The van der Waals surface area contributed by atoms with Gasteiger partial charge in [-0.2, -0.15) is 0 Å². The van der Waals surface area contributed by atoms with Crippen molar-refractivity contribution in [2.45, 2.75) is 38.5 Å². The van der Waals surface area contributed by atoms with Crippen molar-refractivity contribution < 1.29 is 0 Å². The van der Waals surface area contributed by atoms with Crippen LogP contribution in [0.15, 0.2) is 24.3 Å². The van der Waals surface area contributed by atoms with E-state index in [1.807, 2.05) is 0 Å². The monoisotopic (exact) mass is 261 g/mol. The van der Waals surface area contributed by atoms with Gasteiger partial charge in [0.15, 0.2) is 0 Å². The van der Waals surface area contributed by atoms with Gasteiger partial charge in [0.2, 0.25) is 0 Å². The molecular weight excluding hydrogens is 242 g/mol. The number of rotatable bonds is 0. The lowest BCUT2D eigenvalue weighted by Gasteiger charge is -2.05. The maximum Gasteiger partial charge on any atom is 0.0491 e. The van der Waals surface area contributed by atoms with Gasteiger partial charge in [-0.25, -0.2) is 0 Å². The van der Waals surface area contributed by atoms with Crippen LogP contribution in [0.2, 0.25) is 0 Å². The van der Waals surface area contributed by atoms with Crippen LogP contribution in [0, 0.1) is 0 Å². The summed E-state index contributed by atoms with van der Waals surface area (Å²) < 4.78 is 2.40. The van der Waals surface area contributed by atoms with Crippen molar-refractivity contribution in [3.8, 4) is 0 Å². The van der Waals surface area contributed by atoms with Gasteiger partial charge < -0.3 is 4.57 Å². The van der Waals surface area contributed by atoms with Crippen molar-refractivity contribution in [3.63, 3.8) is 0 Å². The molecule has 0 N–H and O–H groups in total.